The third kappa shape index (κ3) is 4.65. The molecule has 1 saturated heterocycles. The Morgan fingerprint density at radius 2 is 1.77 bits per heavy atom. The Morgan fingerprint density at radius 3 is 2.51 bits per heavy atom. The molecule has 3 amide bonds. The quantitative estimate of drug-likeness (QED) is 0.336. The van der Waals surface area contributed by atoms with Crippen LogP contribution in [0.2, 0.25) is 0 Å². The van der Waals surface area contributed by atoms with E-state index in [0.29, 0.717) is 29.5 Å². The Balaban J connectivity index is 1.53. The summed E-state index contributed by atoms with van der Waals surface area (Å²) >= 11 is 1.41. The van der Waals surface area contributed by atoms with Crippen molar-refractivity contribution in [3.8, 4) is 5.75 Å². The second kappa shape index (κ2) is 9.68. The molecule has 5 rings (SSSR count). The number of imide groups is 1. The van der Waals surface area contributed by atoms with Gasteiger partial charge >= 0.3 is 0 Å². The van der Waals surface area contributed by atoms with Crippen molar-refractivity contribution >= 4 is 50.1 Å². The summed E-state index contributed by atoms with van der Waals surface area (Å²) in [5.41, 5.74) is 2.52. The summed E-state index contributed by atoms with van der Waals surface area (Å²) < 4.78 is 6.53. The summed E-state index contributed by atoms with van der Waals surface area (Å²) in [7, 11) is 0. The standard InChI is InChI=1S/C27H23N3O4S/c1-2-34-21-11-12-22-23(16-21)35-27(28-22)29(17-18-7-4-3-5-8-18)26(33)19-9-6-10-20(15-19)30-24(31)13-14-25(30)32/h3-12,15-16H,2,13-14,17H2,1H3. The van der Waals surface area contributed by atoms with Gasteiger partial charge in [-0.15, -0.1) is 0 Å². The molecule has 8 heteroatoms. The van der Waals surface area contributed by atoms with Crippen molar-refractivity contribution in [2.24, 2.45) is 0 Å². The topological polar surface area (TPSA) is 79.8 Å². The molecule has 3 aromatic carbocycles. The van der Waals surface area contributed by atoms with Crippen LogP contribution in [0.15, 0.2) is 72.8 Å². The van der Waals surface area contributed by atoms with Crippen LogP contribution >= 0.6 is 11.3 Å². The highest BCUT2D eigenvalue weighted by molar-refractivity contribution is 7.22. The van der Waals surface area contributed by atoms with Crippen molar-refractivity contribution in [1.82, 2.24) is 4.98 Å². The maximum Gasteiger partial charge on any atom is 0.260 e. The Hall–Kier alpha value is -4.04. The van der Waals surface area contributed by atoms with Crippen molar-refractivity contribution < 1.29 is 19.1 Å². The summed E-state index contributed by atoms with van der Waals surface area (Å²) in [6.45, 7) is 2.82. The van der Waals surface area contributed by atoms with E-state index in [1.807, 2.05) is 55.5 Å². The zero-order valence-corrected chi connectivity index (χ0v) is 20.0. The molecule has 1 fully saturated rings. The summed E-state index contributed by atoms with van der Waals surface area (Å²) in [6.07, 6.45) is 0.374. The van der Waals surface area contributed by atoms with Crippen molar-refractivity contribution in [3.63, 3.8) is 0 Å². The van der Waals surface area contributed by atoms with E-state index in [1.54, 1.807) is 29.2 Å². The average molecular weight is 486 g/mol. The smallest absolute Gasteiger partial charge is 0.260 e. The number of hydrogen-bond acceptors (Lipinski definition) is 6. The number of rotatable bonds is 7. The molecule has 176 valence electrons. The van der Waals surface area contributed by atoms with Gasteiger partial charge < -0.3 is 4.74 Å². The molecule has 1 aliphatic heterocycles. The molecule has 0 spiro atoms. The number of carbonyl (C=O) groups excluding carboxylic acids is 3. The molecular formula is C27H23N3O4S. The lowest BCUT2D eigenvalue weighted by atomic mass is 10.1. The highest BCUT2D eigenvalue weighted by Gasteiger charge is 2.31. The number of nitrogens with zero attached hydrogens (tertiary/aromatic N) is 3. The first kappa shape index (κ1) is 22.7. The fourth-order valence-electron chi connectivity index (χ4n) is 4.06. The van der Waals surface area contributed by atoms with E-state index in [1.165, 1.54) is 11.3 Å². The molecule has 4 aromatic rings. The van der Waals surface area contributed by atoms with Crippen LogP contribution in [0.3, 0.4) is 0 Å². The normalized spacial score (nSPS) is 13.5. The number of benzene rings is 3. The third-order valence-electron chi connectivity index (χ3n) is 5.72. The molecule has 0 saturated carbocycles. The van der Waals surface area contributed by atoms with Gasteiger partial charge in [-0.3, -0.25) is 24.2 Å². The molecule has 2 heterocycles. The molecule has 1 aromatic heterocycles. The molecule has 1 aliphatic rings. The first-order valence-corrected chi connectivity index (χ1v) is 12.2. The number of thiazole rings is 1. The van der Waals surface area contributed by atoms with E-state index in [9.17, 15) is 14.4 Å². The van der Waals surface area contributed by atoms with E-state index in [4.69, 9.17) is 9.72 Å². The number of aromatic nitrogens is 1. The van der Waals surface area contributed by atoms with Gasteiger partial charge in [0.05, 0.1) is 29.1 Å². The van der Waals surface area contributed by atoms with Crippen LogP contribution in [0.4, 0.5) is 10.8 Å². The zero-order chi connectivity index (χ0) is 24.4. The van der Waals surface area contributed by atoms with Crippen LogP contribution in [-0.2, 0) is 16.1 Å². The molecule has 0 N–H and O–H groups in total. The minimum Gasteiger partial charge on any atom is -0.494 e. The number of carbonyl (C=O) groups is 3. The van der Waals surface area contributed by atoms with Gasteiger partial charge in [0.2, 0.25) is 11.8 Å². The Labute approximate surface area is 206 Å². The second-order valence-corrected chi connectivity index (χ2v) is 9.12. The fourth-order valence-corrected chi connectivity index (χ4v) is 5.05. The number of amides is 3. The van der Waals surface area contributed by atoms with Gasteiger partial charge in [0.25, 0.3) is 5.91 Å². The first-order chi connectivity index (χ1) is 17.0. The van der Waals surface area contributed by atoms with Gasteiger partial charge in [-0.2, -0.15) is 0 Å². The number of ether oxygens (including phenoxy) is 1. The van der Waals surface area contributed by atoms with Crippen LogP contribution in [0.1, 0.15) is 35.7 Å². The maximum absolute atomic E-state index is 13.8. The number of fused-ring (bicyclic) bond motifs is 1. The van der Waals surface area contributed by atoms with Crippen LogP contribution in [0.25, 0.3) is 10.2 Å². The second-order valence-electron chi connectivity index (χ2n) is 8.11. The van der Waals surface area contributed by atoms with E-state index in [0.717, 1.165) is 26.4 Å². The van der Waals surface area contributed by atoms with E-state index < -0.39 is 0 Å². The lowest BCUT2D eigenvalue weighted by Crippen LogP contribution is -2.31. The molecule has 0 radical (unpaired) electrons. The SMILES string of the molecule is CCOc1ccc2nc(N(Cc3ccccc3)C(=O)c3cccc(N4C(=O)CCC4=O)c3)sc2c1. The van der Waals surface area contributed by atoms with Crippen LogP contribution < -0.4 is 14.5 Å². The predicted octanol–water partition coefficient (Wildman–Crippen LogP) is 5.20. The van der Waals surface area contributed by atoms with Crippen molar-refractivity contribution in [3.05, 3.63) is 83.9 Å². The first-order valence-electron chi connectivity index (χ1n) is 11.4. The Bertz CT molecular complexity index is 1400. The van der Waals surface area contributed by atoms with Crippen LogP contribution in [0.5, 0.6) is 5.75 Å². The van der Waals surface area contributed by atoms with Crippen molar-refractivity contribution in [1.29, 1.82) is 0 Å². The van der Waals surface area contributed by atoms with E-state index >= 15 is 0 Å². The molecule has 7 nitrogen and oxygen atoms in total. The molecule has 0 aliphatic carbocycles. The highest BCUT2D eigenvalue weighted by atomic mass is 32.1. The summed E-state index contributed by atoms with van der Waals surface area (Å²) in [6, 6.07) is 22.0. The third-order valence-corrected chi connectivity index (χ3v) is 6.76. The molecule has 35 heavy (non-hydrogen) atoms. The fraction of sp³-hybridized carbons (Fsp3) is 0.185. The largest absolute Gasteiger partial charge is 0.494 e. The summed E-state index contributed by atoms with van der Waals surface area (Å²) in [4.78, 5) is 45.8. The van der Waals surface area contributed by atoms with E-state index in [-0.39, 0.29) is 30.6 Å². The number of anilines is 2. The lowest BCUT2D eigenvalue weighted by molar-refractivity contribution is -0.121. The van der Waals surface area contributed by atoms with Gasteiger partial charge in [0.15, 0.2) is 5.13 Å². The summed E-state index contributed by atoms with van der Waals surface area (Å²) in [5.74, 6) is -0.0169. The molecule has 0 unspecified atom stereocenters. The summed E-state index contributed by atoms with van der Waals surface area (Å²) in [5, 5.41) is 0.557. The van der Waals surface area contributed by atoms with E-state index in [2.05, 4.69) is 0 Å². The molecule has 0 bridgehead atoms. The highest BCUT2D eigenvalue weighted by Crippen LogP contribution is 2.33. The number of hydrogen-bond donors (Lipinski definition) is 0. The Kier molecular flexibility index (Phi) is 6.29. The monoisotopic (exact) mass is 485 g/mol. The van der Waals surface area contributed by atoms with Crippen molar-refractivity contribution in [2.45, 2.75) is 26.3 Å². The van der Waals surface area contributed by atoms with Gasteiger partial charge in [-0.25, -0.2) is 4.98 Å². The molecule has 0 atom stereocenters. The zero-order valence-electron chi connectivity index (χ0n) is 19.1. The van der Waals surface area contributed by atoms with Gasteiger partial charge in [-0.05, 0) is 48.9 Å². The van der Waals surface area contributed by atoms with Crippen LogP contribution in [0, 0.1) is 0 Å². The van der Waals surface area contributed by atoms with Gasteiger partial charge in [0.1, 0.15) is 5.75 Å². The minimum atomic E-state index is -0.265. The van der Waals surface area contributed by atoms with Gasteiger partial charge in [0, 0.05) is 18.4 Å². The van der Waals surface area contributed by atoms with Crippen LogP contribution in [-0.4, -0.2) is 29.3 Å². The Morgan fingerprint density at radius 1 is 1.00 bits per heavy atom. The lowest BCUT2D eigenvalue weighted by Gasteiger charge is -2.21. The molecular weight excluding hydrogens is 462 g/mol. The van der Waals surface area contributed by atoms with Crippen molar-refractivity contribution in [2.75, 3.05) is 16.4 Å². The minimum absolute atomic E-state index is 0.187. The predicted molar refractivity (Wildman–Crippen MR) is 136 cm³/mol. The average Bonchev–Trinajstić information content (AvgIpc) is 3.45. The van der Waals surface area contributed by atoms with Gasteiger partial charge in [-0.1, -0.05) is 47.7 Å². The maximum atomic E-state index is 13.8.